The third kappa shape index (κ3) is 4.33. The number of rotatable bonds is 4. The zero-order valence-corrected chi connectivity index (χ0v) is 20.0. The number of amides is 1. The maximum Gasteiger partial charge on any atom is 0.272 e. The van der Waals surface area contributed by atoms with Crippen molar-refractivity contribution in [2.24, 2.45) is 7.05 Å². The number of piperidine rings is 2. The Kier molecular flexibility index (Phi) is 6.04. The van der Waals surface area contributed by atoms with Gasteiger partial charge in [-0.3, -0.25) is 4.79 Å². The number of para-hydroxylation sites is 2. The molecule has 7 heteroatoms. The third-order valence-electron chi connectivity index (χ3n) is 7.08. The van der Waals surface area contributed by atoms with E-state index in [9.17, 15) is 4.79 Å². The molecule has 2 fully saturated rings. The molecule has 0 saturated carbocycles. The molecule has 2 aromatic heterocycles. The summed E-state index contributed by atoms with van der Waals surface area (Å²) >= 11 is 0. The van der Waals surface area contributed by atoms with Crippen molar-refractivity contribution < 1.29 is 4.79 Å². The normalized spacial score (nSPS) is 19.5. The number of nitrogens with zero attached hydrogens (tertiary/aromatic N) is 6. The van der Waals surface area contributed by atoms with E-state index in [4.69, 9.17) is 15.0 Å². The van der Waals surface area contributed by atoms with Crippen LogP contribution in [-0.4, -0.2) is 56.5 Å². The lowest BCUT2D eigenvalue weighted by molar-refractivity contribution is 0.0697. The average Bonchev–Trinajstić information content (AvgIpc) is 3.20. The van der Waals surface area contributed by atoms with Gasteiger partial charge in [-0.05, 0) is 56.2 Å². The number of anilines is 1. The van der Waals surface area contributed by atoms with E-state index in [1.165, 1.54) is 6.42 Å². The molecule has 4 heterocycles. The van der Waals surface area contributed by atoms with Gasteiger partial charge in [0.2, 0.25) is 5.95 Å². The van der Waals surface area contributed by atoms with Crippen molar-refractivity contribution >= 4 is 22.9 Å². The molecule has 0 aliphatic carbocycles. The highest BCUT2D eigenvalue weighted by atomic mass is 16.2. The van der Waals surface area contributed by atoms with E-state index >= 15 is 0 Å². The molecule has 2 saturated heterocycles. The molecule has 0 radical (unpaired) electrons. The van der Waals surface area contributed by atoms with E-state index < -0.39 is 0 Å². The monoisotopic (exact) mass is 446 g/mol. The van der Waals surface area contributed by atoms with Crippen LogP contribution in [0, 0.1) is 0 Å². The van der Waals surface area contributed by atoms with Gasteiger partial charge in [0.1, 0.15) is 11.5 Å². The fourth-order valence-electron chi connectivity index (χ4n) is 5.16. The Morgan fingerprint density at radius 2 is 1.79 bits per heavy atom. The van der Waals surface area contributed by atoms with Crippen LogP contribution in [0.25, 0.3) is 11.0 Å². The van der Waals surface area contributed by atoms with Crippen molar-refractivity contribution in [3.63, 3.8) is 0 Å². The molecule has 2 aliphatic heterocycles. The van der Waals surface area contributed by atoms with Crippen LogP contribution < -0.4 is 4.90 Å². The second kappa shape index (κ2) is 9.12. The molecule has 2 aliphatic rings. The Bertz CT molecular complexity index is 1150. The van der Waals surface area contributed by atoms with Gasteiger partial charge in [0.15, 0.2) is 0 Å². The first-order valence-electron chi connectivity index (χ1n) is 12.4. The Balaban J connectivity index is 1.41. The largest absolute Gasteiger partial charge is 0.341 e. The molecular formula is C26H34N6O. The molecule has 174 valence electrons. The molecule has 5 rings (SSSR count). The van der Waals surface area contributed by atoms with Crippen LogP contribution in [0.5, 0.6) is 0 Å². The molecule has 0 bridgehead atoms. The fraction of sp³-hybridized carbons (Fsp3) is 0.538. The van der Waals surface area contributed by atoms with Gasteiger partial charge in [0.25, 0.3) is 5.91 Å². The zero-order valence-electron chi connectivity index (χ0n) is 20.0. The highest BCUT2D eigenvalue weighted by Crippen LogP contribution is 2.30. The number of hydrogen-bond donors (Lipinski definition) is 0. The highest BCUT2D eigenvalue weighted by molar-refractivity contribution is 5.93. The molecule has 1 unspecified atom stereocenters. The number of carbonyl (C=O) groups excluding carboxylic acids is 1. The summed E-state index contributed by atoms with van der Waals surface area (Å²) in [6.07, 6.45) is 5.58. The van der Waals surface area contributed by atoms with Gasteiger partial charge in [-0.2, -0.15) is 0 Å². The Hall–Kier alpha value is -2.96. The number of aryl methyl sites for hydroxylation is 1. The SMILES string of the molecule is CC(C)c1cc(C(=O)N2CCCC(c3nc4ccccc4n3C)C2)nc(N2CCCCC2)n1. The number of imidazole rings is 1. The summed E-state index contributed by atoms with van der Waals surface area (Å²) in [6.45, 7) is 7.62. The average molecular weight is 447 g/mol. The van der Waals surface area contributed by atoms with Crippen LogP contribution in [0.1, 0.15) is 79.8 Å². The molecular weight excluding hydrogens is 412 g/mol. The van der Waals surface area contributed by atoms with Gasteiger partial charge in [-0.15, -0.1) is 0 Å². The van der Waals surface area contributed by atoms with E-state index in [-0.39, 0.29) is 17.7 Å². The van der Waals surface area contributed by atoms with Gasteiger partial charge in [0, 0.05) is 44.8 Å². The number of likely N-dealkylation sites (tertiary alicyclic amines) is 1. The zero-order chi connectivity index (χ0) is 22.9. The van der Waals surface area contributed by atoms with E-state index in [0.29, 0.717) is 18.2 Å². The van der Waals surface area contributed by atoms with Gasteiger partial charge in [0.05, 0.1) is 11.0 Å². The standard InChI is InChI=1S/C26H34N6O/c1-18(2)21-16-22(29-26(28-21)31-13-7-4-8-14-31)25(33)32-15-9-10-19(17-32)24-27-20-11-5-6-12-23(20)30(24)3/h5-6,11-12,16,18-19H,4,7-10,13-15,17H2,1-3H3. The van der Waals surface area contributed by atoms with Crippen molar-refractivity contribution in [3.8, 4) is 0 Å². The van der Waals surface area contributed by atoms with Crippen LogP contribution in [0.15, 0.2) is 30.3 Å². The summed E-state index contributed by atoms with van der Waals surface area (Å²) in [5.41, 5.74) is 3.62. The van der Waals surface area contributed by atoms with Gasteiger partial charge in [-0.25, -0.2) is 15.0 Å². The first-order valence-corrected chi connectivity index (χ1v) is 12.4. The minimum atomic E-state index is 0.0148. The fourth-order valence-corrected chi connectivity index (χ4v) is 5.16. The van der Waals surface area contributed by atoms with Gasteiger partial charge in [-0.1, -0.05) is 26.0 Å². The summed E-state index contributed by atoms with van der Waals surface area (Å²) in [4.78, 5) is 32.3. The smallest absolute Gasteiger partial charge is 0.272 e. The predicted octanol–water partition coefficient (Wildman–Crippen LogP) is 4.50. The van der Waals surface area contributed by atoms with E-state index in [1.54, 1.807) is 0 Å². The van der Waals surface area contributed by atoms with Gasteiger partial charge >= 0.3 is 0 Å². The Labute approximate surface area is 195 Å². The van der Waals surface area contributed by atoms with Crippen molar-refractivity contribution in [2.45, 2.75) is 57.8 Å². The second-order valence-electron chi connectivity index (χ2n) is 9.79. The second-order valence-corrected chi connectivity index (χ2v) is 9.79. The minimum absolute atomic E-state index is 0.0148. The third-order valence-corrected chi connectivity index (χ3v) is 7.08. The van der Waals surface area contributed by atoms with E-state index in [2.05, 4.69) is 42.5 Å². The minimum Gasteiger partial charge on any atom is -0.341 e. The topological polar surface area (TPSA) is 67.2 Å². The molecule has 1 amide bonds. The Morgan fingerprint density at radius 1 is 1.00 bits per heavy atom. The molecule has 33 heavy (non-hydrogen) atoms. The number of aromatic nitrogens is 4. The van der Waals surface area contributed by atoms with E-state index in [1.807, 2.05) is 23.1 Å². The number of benzene rings is 1. The number of fused-ring (bicyclic) bond motifs is 1. The van der Waals surface area contributed by atoms with Crippen LogP contribution in [0.3, 0.4) is 0 Å². The van der Waals surface area contributed by atoms with Crippen LogP contribution in [0.4, 0.5) is 5.95 Å². The lowest BCUT2D eigenvalue weighted by atomic mass is 9.96. The van der Waals surface area contributed by atoms with Gasteiger partial charge < -0.3 is 14.4 Å². The van der Waals surface area contributed by atoms with Crippen molar-refractivity contribution in [3.05, 3.63) is 47.5 Å². The molecule has 0 N–H and O–H groups in total. The molecule has 1 aromatic carbocycles. The van der Waals surface area contributed by atoms with E-state index in [0.717, 1.165) is 67.9 Å². The summed E-state index contributed by atoms with van der Waals surface area (Å²) in [7, 11) is 2.08. The van der Waals surface area contributed by atoms with Crippen molar-refractivity contribution in [1.29, 1.82) is 0 Å². The number of carbonyl (C=O) groups is 1. The number of hydrogen-bond acceptors (Lipinski definition) is 5. The first kappa shape index (κ1) is 21.9. The molecule has 3 aromatic rings. The van der Waals surface area contributed by atoms with Crippen LogP contribution in [-0.2, 0) is 7.05 Å². The first-order chi connectivity index (χ1) is 16.0. The summed E-state index contributed by atoms with van der Waals surface area (Å²) < 4.78 is 2.18. The molecule has 1 atom stereocenters. The summed E-state index contributed by atoms with van der Waals surface area (Å²) in [5.74, 6) is 2.27. The predicted molar refractivity (Wildman–Crippen MR) is 131 cm³/mol. The molecule has 0 spiro atoms. The van der Waals surface area contributed by atoms with Crippen LogP contribution >= 0.6 is 0 Å². The summed E-state index contributed by atoms with van der Waals surface area (Å²) in [6, 6.07) is 10.1. The van der Waals surface area contributed by atoms with Crippen molar-refractivity contribution in [1.82, 2.24) is 24.4 Å². The lowest BCUT2D eigenvalue weighted by Gasteiger charge is -2.33. The summed E-state index contributed by atoms with van der Waals surface area (Å²) in [5, 5.41) is 0. The lowest BCUT2D eigenvalue weighted by Crippen LogP contribution is -2.40. The maximum absolute atomic E-state index is 13.6. The quantitative estimate of drug-likeness (QED) is 0.590. The Morgan fingerprint density at radius 3 is 2.55 bits per heavy atom. The highest BCUT2D eigenvalue weighted by Gasteiger charge is 2.30. The van der Waals surface area contributed by atoms with Crippen LogP contribution in [0.2, 0.25) is 0 Å². The molecule has 7 nitrogen and oxygen atoms in total. The maximum atomic E-state index is 13.6. The van der Waals surface area contributed by atoms with Crippen molar-refractivity contribution in [2.75, 3.05) is 31.1 Å².